The second-order valence-electron chi connectivity index (χ2n) is 6.34. The smallest absolute Gasteiger partial charge is 0.201 e. The van der Waals surface area contributed by atoms with Crippen molar-refractivity contribution in [2.24, 2.45) is 0 Å². The maximum atomic E-state index is 14.3. The normalized spacial score (nSPS) is 11.1. The monoisotopic (exact) mass is 398 g/mol. The lowest BCUT2D eigenvalue weighted by molar-refractivity contribution is 0.305. The molecule has 0 spiro atoms. The summed E-state index contributed by atoms with van der Waals surface area (Å²) >= 11 is 0. The molecule has 0 aromatic heterocycles. The van der Waals surface area contributed by atoms with Gasteiger partial charge in [0, 0.05) is 11.1 Å². The van der Waals surface area contributed by atoms with Crippen molar-refractivity contribution in [2.75, 3.05) is 6.61 Å². The molecule has 0 bridgehead atoms. The fourth-order valence-electron chi connectivity index (χ4n) is 2.89. The highest BCUT2D eigenvalue weighted by molar-refractivity contribution is 5.66. The quantitative estimate of drug-likeness (QED) is 0.437. The van der Waals surface area contributed by atoms with Gasteiger partial charge < -0.3 is 9.47 Å². The molecule has 0 saturated carbocycles. The summed E-state index contributed by atoms with van der Waals surface area (Å²) in [4.78, 5) is 0. The molecule has 0 aliphatic carbocycles. The van der Waals surface area contributed by atoms with Gasteiger partial charge in [0.05, 0.1) is 6.61 Å². The number of benzene rings is 3. The Bertz CT molecular complexity index is 1010. The Kier molecular flexibility index (Phi) is 6.60. The van der Waals surface area contributed by atoms with E-state index in [0.29, 0.717) is 22.4 Å². The summed E-state index contributed by atoms with van der Waals surface area (Å²) < 4.78 is 53.1. The lowest BCUT2D eigenvalue weighted by atomic mass is 10.0. The van der Waals surface area contributed by atoms with Gasteiger partial charge in [0.15, 0.2) is 11.6 Å². The Morgan fingerprint density at radius 2 is 1.62 bits per heavy atom. The zero-order chi connectivity index (χ0) is 20.8. The Morgan fingerprint density at radius 3 is 2.28 bits per heavy atom. The lowest BCUT2D eigenvalue weighted by Crippen LogP contribution is -1.99. The van der Waals surface area contributed by atoms with E-state index >= 15 is 0 Å². The molecule has 0 aliphatic heterocycles. The van der Waals surface area contributed by atoms with E-state index in [1.54, 1.807) is 55.5 Å². The van der Waals surface area contributed by atoms with Crippen LogP contribution in [0.3, 0.4) is 0 Å². The number of hydrogen-bond acceptors (Lipinski definition) is 2. The summed E-state index contributed by atoms with van der Waals surface area (Å²) in [5, 5.41) is 0. The first kappa shape index (κ1) is 20.5. The highest BCUT2D eigenvalue weighted by Crippen LogP contribution is 2.31. The first-order chi connectivity index (χ1) is 14.0. The van der Waals surface area contributed by atoms with E-state index < -0.39 is 11.6 Å². The number of hydrogen-bond donors (Lipinski definition) is 0. The minimum Gasteiger partial charge on any atom is -0.491 e. The van der Waals surface area contributed by atoms with E-state index in [0.717, 1.165) is 0 Å². The average molecular weight is 398 g/mol. The molecule has 0 saturated heterocycles. The first-order valence-corrected chi connectivity index (χ1v) is 9.28. The number of allylic oxidation sites excluding steroid dienone is 1. The van der Waals surface area contributed by atoms with Gasteiger partial charge >= 0.3 is 0 Å². The van der Waals surface area contributed by atoms with E-state index in [1.165, 1.54) is 18.2 Å². The Labute approximate surface area is 168 Å². The first-order valence-electron chi connectivity index (χ1n) is 9.28. The number of rotatable bonds is 7. The van der Waals surface area contributed by atoms with Crippen LogP contribution in [0.5, 0.6) is 11.5 Å². The van der Waals surface area contributed by atoms with Crippen molar-refractivity contribution in [2.45, 2.75) is 20.5 Å². The standard InChI is InChI=1S/C24H21F3O2/c1-3-5-18-7-6-16(14-21(18)25)15-29-19-10-8-17(9-11-19)20-12-13-22(28-4-2)24(27)23(20)26/h3,5-14H,4,15H2,1-2H3/b5-3+. The molecule has 0 atom stereocenters. The van der Waals surface area contributed by atoms with Crippen LogP contribution in [0.4, 0.5) is 13.2 Å². The zero-order valence-electron chi connectivity index (χ0n) is 16.2. The zero-order valence-corrected chi connectivity index (χ0v) is 16.2. The summed E-state index contributed by atoms with van der Waals surface area (Å²) in [5.74, 6) is -1.85. The van der Waals surface area contributed by atoms with Crippen LogP contribution in [0.25, 0.3) is 17.2 Å². The molecule has 0 unspecified atom stereocenters. The van der Waals surface area contributed by atoms with Crippen LogP contribution in [-0.4, -0.2) is 6.61 Å². The third-order valence-corrected chi connectivity index (χ3v) is 4.33. The van der Waals surface area contributed by atoms with Gasteiger partial charge in [-0.15, -0.1) is 0 Å². The average Bonchev–Trinajstić information content (AvgIpc) is 2.73. The molecular weight excluding hydrogens is 377 g/mol. The van der Waals surface area contributed by atoms with Crippen molar-refractivity contribution in [3.8, 4) is 22.6 Å². The molecule has 0 N–H and O–H groups in total. The fourth-order valence-corrected chi connectivity index (χ4v) is 2.89. The van der Waals surface area contributed by atoms with Gasteiger partial charge in [-0.1, -0.05) is 36.4 Å². The van der Waals surface area contributed by atoms with Gasteiger partial charge in [0.25, 0.3) is 0 Å². The largest absolute Gasteiger partial charge is 0.491 e. The van der Waals surface area contributed by atoms with Crippen LogP contribution in [0.1, 0.15) is 25.0 Å². The van der Waals surface area contributed by atoms with Gasteiger partial charge in [-0.3, -0.25) is 0 Å². The van der Waals surface area contributed by atoms with Gasteiger partial charge in [-0.25, -0.2) is 8.78 Å². The van der Waals surface area contributed by atoms with E-state index in [4.69, 9.17) is 9.47 Å². The predicted molar refractivity (Wildman–Crippen MR) is 108 cm³/mol. The van der Waals surface area contributed by atoms with E-state index in [-0.39, 0.29) is 30.3 Å². The van der Waals surface area contributed by atoms with Crippen LogP contribution in [0, 0.1) is 17.5 Å². The van der Waals surface area contributed by atoms with E-state index in [1.807, 2.05) is 6.92 Å². The van der Waals surface area contributed by atoms with Crippen LogP contribution >= 0.6 is 0 Å². The number of halogens is 3. The molecule has 0 fully saturated rings. The van der Waals surface area contributed by atoms with Crippen molar-refractivity contribution >= 4 is 6.08 Å². The van der Waals surface area contributed by atoms with Gasteiger partial charge in [0.2, 0.25) is 5.82 Å². The second kappa shape index (κ2) is 9.32. The van der Waals surface area contributed by atoms with Crippen LogP contribution < -0.4 is 9.47 Å². The lowest BCUT2D eigenvalue weighted by Gasteiger charge is -2.11. The third-order valence-electron chi connectivity index (χ3n) is 4.33. The van der Waals surface area contributed by atoms with Gasteiger partial charge in [-0.05, 0) is 55.3 Å². The maximum Gasteiger partial charge on any atom is 0.201 e. The molecule has 3 rings (SSSR count). The summed E-state index contributed by atoms with van der Waals surface area (Å²) in [6, 6.07) is 14.4. The topological polar surface area (TPSA) is 18.5 Å². The fraction of sp³-hybridized carbons (Fsp3) is 0.167. The van der Waals surface area contributed by atoms with Crippen LogP contribution in [-0.2, 0) is 6.61 Å². The summed E-state index contributed by atoms with van der Waals surface area (Å²) in [7, 11) is 0. The van der Waals surface area contributed by atoms with E-state index in [9.17, 15) is 13.2 Å². The van der Waals surface area contributed by atoms with Crippen LogP contribution in [0.2, 0.25) is 0 Å². The van der Waals surface area contributed by atoms with Gasteiger partial charge in [-0.2, -0.15) is 4.39 Å². The van der Waals surface area contributed by atoms with Crippen molar-refractivity contribution in [1.29, 1.82) is 0 Å². The Hall–Kier alpha value is -3.21. The molecule has 5 heteroatoms. The summed E-state index contributed by atoms with van der Waals surface area (Å²) in [6.07, 6.45) is 3.47. The highest BCUT2D eigenvalue weighted by Gasteiger charge is 2.15. The molecule has 0 heterocycles. The molecular formula is C24H21F3O2. The van der Waals surface area contributed by atoms with Crippen molar-refractivity contribution < 1.29 is 22.6 Å². The SMILES string of the molecule is C/C=C/c1ccc(COc2ccc(-c3ccc(OCC)c(F)c3F)cc2)cc1F. The molecule has 3 aromatic carbocycles. The summed E-state index contributed by atoms with van der Waals surface area (Å²) in [5.41, 5.74) is 1.86. The molecule has 0 radical (unpaired) electrons. The maximum absolute atomic E-state index is 14.3. The summed E-state index contributed by atoms with van der Waals surface area (Å²) in [6.45, 7) is 3.98. The minimum absolute atomic E-state index is 0.110. The molecule has 0 amide bonds. The highest BCUT2D eigenvalue weighted by atomic mass is 19.2. The van der Waals surface area contributed by atoms with Crippen molar-refractivity contribution in [3.05, 3.63) is 89.3 Å². The third kappa shape index (κ3) is 4.80. The van der Waals surface area contributed by atoms with Gasteiger partial charge in [0.1, 0.15) is 18.2 Å². The van der Waals surface area contributed by atoms with E-state index in [2.05, 4.69) is 0 Å². The second-order valence-corrected chi connectivity index (χ2v) is 6.34. The Morgan fingerprint density at radius 1 is 0.862 bits per heavy atom. The molecule has 150 valence electrons. The molecule has 3 aromatic rings. The van der Waals surface area contributed by atoms with Crippen molar-refractivity contribution in [3.63, 3.8) is 0 Å². The molecule has 0 aliphatic rings. The minimum atomic E-state index is -1.01. The predicted octanol–water partition coefficient (Wildman–Crippen LogP) is 6.78. The number of ether oxygens (including phenoxy) is 2. The van der Waals surface area contributed by atoms with Crippen LogP contribution in [0.15, 0.2) is 60.7 Å². The molecule has 29 heavy (non-hydrogen) atoms. The Balaban J connectivity index is 1.71. The van der Waals surface area contributed by atoms with Crippen molar-refractivity contribution in [1.82, 2.24) is 0 Å². The molecule has 2 nitrogen and oxygen atoms in total.